The van der Waals surface area contributed by atoms with Crippen molar-refractivity contribution in [1.29, 1.82) is 5.26 Å². The van der Waals surface area contributed by atoms with E-state index in [-0.39, 0.29) is 18.6 Å². The molecule has 0 aliphatic carbocycles. The lowest BCUT2D eigenvalue weighted by molar-refractivity contribution is 0.132. The summed E-state index contributed by atoms with van der Waals surface area (Å²) in [6, 6.07) is 6.83. The zero-order valence-electron chi connectivity index (χ0n) is 14.8. The summed E-state index contributed by atoms with van der Waals surface area (Å²) < 4.78 is 22.2. The summed E-state index contributed by atoms with van der Waals surface area (Å²) in [5.74, 6) is 0.427. The van der Waals surface area contributed by atoms with E-state index in [9.17, 15) is 18.5 Å². The molecule has 0 bridgehead atoms. The molecule has 0 aromatic heterocycles. The lowest BCUT2D eigenvalue weighted by atomic mass is 9.88. The molecule has 1 fully saturated rings. The van der Waals surface area contributed by atoms with Gasteiger partial charge < -0.3 is 10.2 Å². The predicted molar refractivity (Wildman–Crippen MR) is 101 cm³/mol. The normalized spacial score (nSPS) is 20.8. The highest BCUT2D eigenvalue weighted by atomic mass is 35.5. The molecule has 1 aliphatic rings. The number of nitriles is 1. The van der Waals surface area contributed by atoms with Gasteiger partial charge >= 0.3 is 6.03 Å². The van der Waals surface area contributed by atoms with Gasteiger partial charge in [-0.25, -0.2) is 13.2 Å². The van der Waals surface area contributed by atoms with Crippen molar-refractivity contribution in [3.63, 3.8) is 0 Å². The molecule has 1 aromatic rings. The summed E-state index contributed by atoms with van der Waals surface area (Å²) in [6.45, 7) is 2.82. The fraction of sp³-hybridized carbons (Fsp3) is 0.444. The molecule has 0 unspecified atom stereocenters. The number of piperidine rings is 1. The minimum atomic E-state index is -3.21. The summed E-state index contributed by atoms with van der Waals surface area (Å²) in [4.78, 5) is 14.3. The molecule has 2 rings (SSSR count). The average molecular weight is 396 g/mol. The number of carbonyl (C=O) groups excluding carboxylic acids is 1. The highest BCUT2D eigenvalue weighted by molar-refractivity contribution is 7.93. The van der Waals surface area contributed by atoms with E-state index in [4.69, 9.17) is 11.6 Å². The third-order valence-electron chi connectivity index (χ3n) is 4.35. The highest BCUT2D eigenvalue weighted by Gasteiger charge is 2.32. The van der Waals surface area contributed by atoms with Gasteiger partial charge in [-0.05, 0) is 30.4 Å². The molecular weight excluding hydrogens is 374 g/mol. The van der Waals surface area contributed by atoms with E-state index in [2.05, 4.69) is 18.3 Å². The summed E-state index contributed by atoms with van der Waals surface area (Å²) in [6.07, 6.45) is 4.12. The number of benzene rings is 1. The van der Waals surface area contributed by atoms with Crippen molar-refractivity contribution in [3.8, 4) is 6.07 Å². The fourth-order valence-corrected chi connectivity index (χ4v) is 3.78. The van der Waals surface area contributed by atoms with Gasteiger partial charge in [0.1, 0.15) is 6.07 Å². The maximum Gasteiger partial charge on any atom is 0.318 e. The Bertz CT molecular complexity index is 846. The van der Waals surface area contributed by atoms with Crippen LogP contribution in [0.4, 0.5) is 4.79 Å². The zero-order chi connectivity index (χ0) is 19.3. The molecule has 26 heavy (non-hydrogen) atoms. The van der Waals surface area contributed by atoms with Crippen molar-refractivity contribution in [1.82, 2.24) is 10.2 Å². The number of hydrogen-bond acceptors (Lipinski definition) is 4. The predicted octanol–water partition coefficient (Wildman–Crippen LogP) is 3.25. The molecule has 6 nitrogen and oxygen atoms in total. The lowest BCUT2D eigenvalue weighted by Crippen LogP contribution is -2.46. The van der Waals surface area contributed by atoms with Gasteiger partial charge in [-0.15, -0.1) is 0 Å². The van der Waals surface area contributed by atoms with E-state index >= 15 is 0 Å². The highest BCUT2D eigenvalue weighted by Crippen LogP contribution is 2.38. The number of carbonyl (C=O) groups is 1. The first-order chi connectivity index (χ1) is 12.2. The van der Waals surface area contributed by atoms with Crippen LogP contribution in [0.2, 0.25) is 5.02 Å². The number of sulfone groups is 1. The molecule has 140 valence electrons. The van der Waals surface area contributed by atoms with Gasteiger partial charge in [0.2, 0.25) is 0 Å². The van der Waals surface area contributed by atoms with Gasteiger partial charge in [-0.3, -0.25) is 0 Å². The molecule has 0 spiro atoms. The Morgan fingerprint density at radius 3 is 2.88 bits per heavy atom. The molecule has 8 heteroatoms. The average Bonchev–Trinajstić information content (AvgIpc) is 2.58. The molecule has 1 aliphatic heterocycles. The van der Waals surface area contributed by atoms with Crippen LogP contribution in [-0.4, -0.2) is 38.7 Å². The van der Waals surface area contributed by atoms with E-state index in [1.54, 1.807) is 17.0 Å². The Labute approximate surface area is 159 Å². The number of rotatable bonds is 4. The monoisotopic (exact) mass is 395 g/mol. The standard InChI is InChI=1S/C18H22ClN3O3S/c1-13-7-9-22(18(23)21-8-4-10-26(2,24)25)16(11-13)15-6-3-5-14(12-20)17(15)19/h3-6,10,13,16H,7-9,11H2,1-2H3,(H,21,23)/b10-4+/t13-,16+/m1/s1. The Kier molecular flexibility index (Phi) is 6.68. The van der Waals surface area contributed by atoms with Crippen LogP contribution in [0.25, 0.3) is 0 Å². The molecule has 0 saturated carbocycles. The Hall–Kier alpha value is -2.04. The van der Waals surface area contributed by atoms with Gasteiger partial charge in [-0.2, -0.15) is 5.26 Å². The summed E-state index contributed by atoms with van der Waals surface area (Å²) >= 11 is 6.38. The second-order valence-corrected chi connectivity index (χ2v) is 8.86. The molecule has 1 aromatic carbocycles. The second kappa shape index (κ2) is 8.56. The van der Waals surface area contributed by atoms with Crippen LogP contribution in [-0.2, 0) is 9.84 Å². The van der Waals surface area contributed by atoms with Crippen molar-refractivity contribution >= 4 is 27.5 Å². The lowest BCUT2D eigenvalue weighted by Gasteiger charge is -2.39. The first-order valence-corrected chi connectivity index (χ1v) is 10.7. The van der Waals surface area contributed by atoms with Crippen LogP contribution in [0.5, 0.6) is 0 Å². The number of nitrogens with one attached hydrogen (secondary N) is 1. The van der Waals surface area contributed by atoms with Crippen molar-refractivity contribution in [2.45, 2.75) is 25.8 Å². The Balaban J connectivity index is 2.19. The van der Waals surface area contributed by atoms with E-state index in [1.165, 1.54) is 6.08 Å². The minimum absolute atomic E-state index is 0.122. The Morgan fingerprint density at radius 1 is 1.50 bits per heavy atom. The first kappa shape index (κ1) is 20.3. The second-order valence-electron chi connectivity index (χ2n) is 6.55. The number of nitrogens with zero attached hydrogens (tertiary/aromatic N) is 2. The van der Waals surface area contributed by atoms with Gasteiger partial charge in [0.15, 0.2) is 9.84 Å². The summed E-state index contributed by atoms with van der Waals surface area (Å²) in [5.41, 5.74) is 1.15. The molecule has 1 saturated heterocycles. The molecule has 1 N–H and O–H groups in total. The SMILES string of the molecule is C[C@@H]1CCN(C(=O)NC/C=C/S(C)(=O)=O)[C@H](c2cccc(C#N)c2Cl)C1. The number of urea groups is 1. The minimum Gasteiger partial charge on any atom is -0.334 e. The fourth-order valence-electron chi connectivity index (χ4n) is 3.04. The zero-order valence-corrected chi connectivity index (χ0v) is 16.3. The van der Waals surface area contributed by atoms with Gasteiger partial charge in [-0.1, -0.05) is 36.7 Å². The third kappa shape index (κ3) is 5.23. The summed E-state index contributed by atoms with van der Waals surface area (Å²) in [7, 11) is -3.21. The van der Waals surface area contributed by atoms with Crippen molar-refractivity contribution in [2.75, 3.05) is 19.3 Å². The van der Waals surface area contributed by atoms with Crippen molar-refractivity contribution < 1.29 is 13.2 Å². The van der Waals surface area contributed by atoms with E-state index in [1.807, 2.05) is 6.07 Å². The van der Waals surface area contributed by atoms with E-state index in [0.717, 1.165) is 30.1 Å². The third-order valence-corrected chi connectivity index (χ3v) is 5.46. The maximum atomic E-state index is 12.6. The van der Waals surface area contributed by atoms with Gasteiger partial charge in [0.05, 0.1) is 16.6 Å². The smallest absolute Gasteiger partial charge is 0.318 e. The Morgan fingerprint density at radius 2 is 2.23 bits per heavy atom. The van der Waals surface area contributed by atoms with E-state index in [0.29, 0.717) is 23.0 Å². The largest absolute Gasteiger partial charge is 0.334 e. The van der Waals surface area contributed by atoms with Gasteiger partial charge in [0, 0.05) is 24.8 Å². The molecule has 2 amide bonds. The number of amides is 2. The van der Waals surface area contributed by atoms with Crippen LogP contribution < -0.4 is 5.32 Å². The molecule has 0 radical (unpaired) electrons. The molecular formula is C18H22ClN3O3S. The van der Waals surface area contributed by atoms with E-state index < -0.39 is 9.84 Å². The molecule has 2 atom stereocenters. The van der Waals surface area contributed by atoms with Crippen molar-refractivity contribution in [3.05, 3.63) is 45.8 Å². The number of likely N-dealkylation sites (tertiary alicyclic amines) is 1. The number of halogens is 1. The maximum absolute atomic E-state index is 12.6. The van der Waals surface area contributed by atoms with Gasteiger partial charge in [0.25, 0.3) is 0 Å². The van der Waals surface area contributed by atoms with Crippen molar-refractivity contribution in [2.24, 2.45) is 5.92 Å². The van der Waals surface area contributed by atoms with Crippen LogP contribution in [0.15, 0.2) is 29.7 Å². The van der Waals surface area contributed by atoms with Crippen LogP contribution in [0.1, 0.15) is 36.9 Å². The van der Waals surface area contributed by atoms with Crippen LogP contribution >= 0.6 is 11.6 Å². The number of hydrogen-bond donors (Lipinski definition) is 1. The topological polar surface area (TPSA) is 90.3 Å². The molecule has 1 heterocycles. The first-order valence-electron chi connectivity index (χ1n) is 8.32. The summed E-state index contributed by atoms with van der Waals surface area (Å²) in [5, 5.41) is 13.4. The van der Waals surface area contributed by atoms with Crippen LogP contribution in [0.3, 0.4) is 0 Å². The van der Waals surface area contributed by atoms with Crippen LogP contribution in [0, 0.1) is 17.2 Å². The quantitative estimate of drug-likeness (QED) is 0.847.